The normalized spacial score (nSPS) is 15.2. The maximum absolute atomic E-state index is 13.7. The van der Waals surface area contributed by atoms with Gasteiger partial charge in [-0.25, -0.2) is 0 Å². The van der Waals surface area contributed by atoms with Crippen molar-refractivity contribution in [2.75, 3.05) is 5.73 Å². The standard InChI is InChI=1S/C23H21Cl2N3O3S/c1-23(2)9-14-18(12-31-23)32-21-19(14)20(26)27(10-13-5-4-8-30-13)22(29)28(21)11-15-16(24)6-3-7-17(15)25/h3-8,26H,9-12H2,1-2H3/p+1. The number of fused-ring (bicyclic) bond motifs is 3. The van der Waals surface area contributed by atoms with Gasteiger partial charge in [-0.2, -0.15) is 13.9 Å². The fourth-order valence-corrected chi connectivity index (χ4v) is 5.90. The third-order valence-corrected chi connectivity index (χ3v) is 7.73. The van der Waals surface area contributed by atoms with Crippen molar-refractivity contribution in [2.45, 2.75) is 45.6 Å². The van der Waals surface area contributed by atoms with Crippen molar-refractivity contribution < 1.29 is 13.7 Å². The summed E-state index contributed by atoms with van der Waals surface area (Å²) in [6.07, 6.45) is 2.29. The number of nitrogens with two attached hydrogens (primary N) is 1. The summed E-state index contributed by atoms with van der Waals surface area (Å²) in [7, 11) is 0. The predicted octanol–water partition coefficient (Wildman–Crippen LogP) is 4.78. The smallest absolute Gasteiger partial charge is 0.465 e. The minimum absolute atomic E-state index is 0.231. The molecule has 1 aromatic carbocycles. The third-order valence-electron chi connectivity index (χ3n) is 5.79. The summed E-state index contributed by atoms with van der Waals surface area (Å²) >= 11 is 14.4. The van der Waals surface area contributed by atoms with Gasteiger partial charge in [0.15, 0.2) is 11.4 Å². The Morgan fingerprint density at radius 3 is 2.66 bits per heavy atom. The van der Waals surface area contributed by atoms with E-state index in [-0.39, 0.29) is 24.4 Å². The molecule has 3 aromatic heterocycles. The molecule has 1 aliphatic rings. The van der Waals surface area contributed by atoms with Crippen LogP contribution in [0.5, 0.6) is 0 Å². The van der Waals surface area contributed by atoms with E-state index >= 15 is 0 Å². The summed E-state index contributed by atoms with van der Waals surface area (Å²) in [5.41, 5.74) is 7.90. The van der Waals surface area contributed by atoms with Crippen molar-refractivity contribution in [1.82, 2.24) is 4.57 Å². The fraction of sp³-hybridized carbons (Fsp3) is 0.304. The van der Waals surface area contributed by atoms with Gasteiger partial charge in [-0.3, -0.25) is 0 Å². The van der Waals surface area contributed by atoms with Crippen molar-refractivity contribution >= 4 is 50.6 Å². The van der Waals surface area contributed by atoms with Crippen LogP contribution in [0.1, 0.15) is 35.6 Å². The van der Waals surface area contributed by atoms with E-state index in [9.17, 15) is 4.79 Å². The molecule has 2 N–H and O–H groups in total. The molecular formula is C23H22Cl2N3O3S+. The van der Waals surface area contributed by atoms with Gasteiger partial charge in [-0.15, -0.1) is 0 Å². The Balaban J connectivity index is 1.78. The van der Waals surface area contributed by atoms with Crippen LogP contribution in [0.25, 0.3) is 10.2 Å². The zero-order chi connectivity index (χ0) is 22.6. The predicted molar refractivity (Wildman–Crippen MR) is 127 cm³/mol. The van der Waals surface area contributed by atoms with Crippen LogP contribution < -0.4 is 16.0 Å². The average molecular weight is 491 g/mol. The summed E-state index contributed by atoms with van der Waals surface area (Å²) in [6, 6.07) is 8.95. The maximum atomic E-state index is 13.7. The topological polar surface area (TPSA) is 74.3 Å². The van der Waals surface area contributed by atoms with E-state index in [0.717, 1.165) is 20.7 Å². The number of aromatic nitrogens is 2. The highest BCUT2D eigenvalue weighted by atomic mass is 35.5. The van der Waals surface area contributed by atoms with Crippen LogP contribution in [0.15, 0.2) is 45.8 Å². The fourth-order valence-electron chi connectivity index (χ4n) is 4.16. The number of ether oxygens (including phenoxy) is 1. The van der Waals surface area contributed by atoms with Crippen molar-refractivity contribution in [3.63, 3.8) is 0 Å². The van der Waals surface area contributed by atoms with E-state index in [0.29, 0.717) is 40.2 Å². The largest absolute Gasteiger partial charge is 0.501 e. The Hall–Kier alpha value is -2.32. The highest BCUT2D eigenvalue weighted by Crippen LogP contribution is 2.40. The zero-order valence-corrected chi connectivity index (χ0v) is 20.0. The lowest BCUT2D eigenvalue weighted by atomic mass is 9.94. The molecule has 32 heavy (non-hydrogen) atoms. The van der Waals surface area contributed by atoms with Crippen LogP contribution in [0.4, 0.5) is 5.82 Å². The Morgan fingerprint density at radius 2 is 1.97 bits per heavy atom. The highest BCUT2D eigenvalue weighted by Gasteiger charge is 2.35. The van der Waals surface area contributed by atoms with E-state index in [4.69, 9.17) is 38.1 Å². The van der Waals surface area contributed by atoms with E-state index in [2.05, 4.69) is 13.8 Å². The van der Waals surface area contributed by atoms with Crippen LogP contribution >= 0.6 is 34.5 Å². The van der Waals surface area contributed by atoms with E-state index in [1.54, 1.807) is 39.7 Å². The Labute approximate surface area is 198 Å². The van der Waals surface area contributed by atoms with Crippen molar-refractivity contribution in [1.29, 1.82) is 0 Å². The Morgan fingerprint density at radius 1 is 1.22 bits per heavy atom. The summed E-state index contributed by atoms with van der Waals surface area (Å²) < 4.78 is 14.8. The molecule has 0 unspecified atom stereocenters. The molecule has 0 radical (unpaired) electrons. The SMILES string of the molecule is CC1(C)Cc2c(sc3c2c(N)n(Cc2ccco2)c(=O)[n+]3Cc2c(Cl)cccc2Cl)CO1. The molecule has 4 heterocycles. The molecular weight excluding hydrogens is 469 g/mol. The van der Waals surface area contributed by atoms with E-state index in [1.807, 2.05) is 6.07 Å². The molecule has 166 valence electrons. The third kappa shape index (κ3) is 3.63. The van der Waals surface area contributed by atoms with Gasteiger partial charge in [0.1, 0.15) is 17.7 Å². The minimum atomic E-state index is -0.313. The van der Waals surface area contributed by atoms with Gasteiger partial charge in [0.2, 0.25) is 5.82 Å². The average Bonchev–Trinajstić information content (AvgIpc) is 3.37. The molecule has 0 atom stereocenters. The second-order valence-corrected chi connectivity index (χ2v) is 10.4. The molecule has 1 aliphatic heterocycles. The van der Waals surface area contributed by atoms with Crippen LogP contribution in [0, 0.1) is 0 Å². The lowest BCUT2D eigenvalue weighted by Crippen LogP contribution is -2.55. The van der Waals surface area contributed by atoms with Gasteiger partial charge in [0.25, 0.3) is 0 Å². The highest BCUT2D eigenvalue weighted by molar-refractivity contribution is 7.18. The first-order valence-electron chi connectivity index (χ1n) is 10.2. The number of nitrogens with zero attached hydrogens (tertiary/aromatic N) is 2. The lowest BCUT2D eigenvalue weighted by molar-refractivity contribution is -0.679. The Kier molecular flexibility index (Phi) is 5.33. The van der Waals surface area contributed by atoms with Gasteiger partial charge in [-0.05, 0) is 43.7 Å². The van der Waals surface area contributed by atoms with Gasteiger partial charge in [0, 0.05) is 26.9 Å². The number of anilines is 1. The van der Waals surface area contributed by atoms with E-state index in [1.165, 1.54) is 11.3 Å². The number of furan rings is 1. The summed E-state index contributed by atoms with van der Waals surface area (Å²) in [5.74, 6) is 1.08. The first-order valence-corrected chi connectivity index (χ1v) is 11.8. The summed E-state index contributed by atoms with van der Waals surface area (Å²) in [4.78, 5) is 15.6. The number of benzene rings is 1. The number of hydrogen-bond donors (Lipinski definition) is 1. The van der Waals surface area contributed by atoms with Crippen molar-refractivity contribution in [2.24, 2.45) is 0 Å². The quantitative estimate of drug-likeness (QED) is 0.417. The molecule has 0 saturated heterocycles. The van der Waals surface area contributed by atoms with Gasteiger partial charge < -0.3 is 14.9 Å². The molecule has 0 spiro atoms. The van der Waals surface area contributed by atoms with Crippen molar-refractivity contribution in [3.8, 4) is 0 Å². The monoisotopic (exact) mass is 490 g/mol. The van der Waals surface area contributed by atoms with Crippen LogP contribution in [-0.2, 0) is 30.9 Å². The first-order chi connectivity index (χ1) is 15.2. The van der Waals surface area contributed by atoms with Crippen molar-refractivity contribution in [3.05, 3.63) is 78.9 Å². The molecule has 6 nitrogen and oxygen atoms in total. The molecule has 0 bridgehead atoms. The molecule has 5 rings (SSSR count). The number of halogens is 2. The van der Waals surface area contributed by atoms with Crippen LogP contribution in [-0.4, -0.2) is 10.2 Å². The zero-order valence-electron chi connectivity index (χ0n) is 17.7. The number of rotatable bonds is 4. The van der Waals surface area contributed by atoms with Gasteiger partial charge >= 0.3 is 5.69 Å². The summed E-state index contributed by atoms with van der Waals surface area (Å²) in [6.45, 7) is 5.07. The molecule has 9 heteroatoms. The number of thiophene rings is 1. The minimum Gasteiger partial charge on any atom is -0.465 e. The number of hydrogen-bond acceptors (Lipinski definition) is 5. The van der Waals surface area contributed by atoms with Crippen LogP contribution in [0.3, 0.4) is 0 Å². The second kappa shape index (κ2) is 7.92. The maximum Gasteiger partial charge on any atom is 0.501 e. The van der Waals surface area contributed by atoms with E-state index < -0.39 is 0 Å². The van der Waals surface area contributed by atoms with Gasteiger partial charge in [-0.1, -0.05) is 40.6 Å². The summed E-state index contributed by atoms with van der Waals surface area (Å²) in [5, 5.41) is 1.91. The molecule has 0 fully saturated rings. The Bertz CT molecular complexity index is 1370. The molecule has 0 amide bonds. The molecule has 0 saturated carbocycles. The molecule has 4 aromatic rings. The number of nitrogen functional groups attached to an aromatic ring is 1. The molecule has 0 aliphatic carbocycles. The first kappa shape index (κ1) is 21.5. The second-order valence-electron chi connectivity index (χ2n) is 8.53. The lowest BCUT2D eigenvalue weighted by Gasteiger charge is -2.29. The van der Waals surface area contributed by atoms with Crippen LogP contribution in [0.2, 0.25) is 10.0 Å². The van der Waals surface area contributed by atoms with Gasteiger partial charge in [0.05, 0.1) is 18.5 Å².